The number of carboxylic acids is 1. The van der Waals surface area contributed by atoms with E-state index in [1.54, 1.807) is 23.9 Å². The lowest BCUT2D eigenvalue weighted by Gasteiger charge is -2.04. The maximum Gasteiger partial charge on any atom is 0.336 e. The molecule has 1 aromatic carbocycles. The molecule has 0 radical (unpaired) electrons. The summed E-state index contributed by atoms with van der Waals surface area (Å²) in [5, 5.41) is 10.7. The molecule has 0 aliphatic heterocycles. The van der Waals surface area contributed by atoms with Crippen LogP contribution in [0.4, 0.5) is 0 Å². The number of fused-ring (bicyclic) bond motifs is 1. The Morgan fingerprint density at radius 1 is 1.35 bits per heavy atom. The highest BCUT2D eigenvalue weighted by molar-refractivity contribution is 7.99. The first-order valence-electron chi connectivity index (χ1n) is 5.48. The molecule has 1 N–H and O–H groups in total. The van der Waals surface area contributed by atoms with E-state index in [1.165, 1.54) is 0 Å². The van der Waals surface area contributed by atoms with Gasteiger partial charge in [-0.3, -0.25) is 0 Å². The van der Waals surface area contributed by atoms with Crippen LogP contribution < -0.4 is 0 Å². The summed E-state index contributed by atoms with van der Waals surface area (Å²) in [5.74, 6) is 0.114. The van der Waals surface area contributed by atoms with Gasteiger partial charge in [0, 0.05) is 5.39 Å². The fourth-order valence-electron chi connectivity index (χ4n) is 1.61. The Morgan fingerprint density at radius 2 is 2.18 bits per heavy atom. The predicted octanol–water partition coefficient (Wildman–Crippen LogP) is 3.44. The maximum atomic E-state index is 11.0. The van der Waals surface area contributed by atoms with Gasteiger partial charge < -0.3 is 5.11 Å². The van der Waals surface area contributed by atoms with Gasteiger partial charge in [-0.2, -0.15) is 0 Å². The van der Waals surface area contributed by atoms with Gasteiger partial charge in [-0.15, -0.1) is 11.8 Å². The first-order valence-corrected chi connectivity index (χ1v) is 6.47. The summed E-state index contributed by atoms with van der Waals surface area (Å²) in [7, 11) is 0. The minimum atomic E-state index is -0.911. The molecule has 3 nitrogen and oxygen atoms in total. The number of carboxylic acid groups (broad SMARTS) is 1. The summed E-state index contributed by atoms with van der Waals surface area (Å²) >= 11 is 1.69. The van der Waals surface area contributed by atoms with Crippen LogP contribution in [0, 0.1) is 0 Å². The van der Waals surface area contributed by atoms with E-state index in [0.29, 0.717) is 10.9 Å². The molecule has 2 aromatic rings. The second-order valence-electron chi connectivity index (χ2n) is 3.68. The number of benzene rings is 1. The Balaban J connectivity index is 2.45. The predicted molar refractivity (Wildman–Crippen MR) is 69.7 cm³/mol. The van der Waals surface area contributed by atoms with Crippen molar-refractivity contribution in [3.8, 4) is 0 Å². The van der Waals surface area contributed by atoms with E-state index in [1.807, 2.05) is 18.2 Å². The summed E-state index contributed by atoms with van der Waals surface area (Å²) in [6, 6.07) is 8.90. The van der Waals surface area contributed by atoms with Gasteiger partial charge in [0.25, 0.3) is 0 Å². The molecule has 1 aromatic heterocycles. The van der Waals surface area contributed by atoms with Crippen LogP contribution in [0.3, 0.4) is 0 Å². The van der Waals surface area contributed by atoms with E-state index in [9.17, 15) is 4.79 Å². The Kier molecular flexibility index (Phi) is 3.64. The van der Waals surface area contributed by atoms with Crippen LogP contribution in [0.1, 0.15) is 23.7 Å². The average Bonchev–Trinajstić information content (AvgIpc) is 2.35. The average molecular weight is 247 g/mol. The first-order chi connectivity index (χ1) is 8.22. The molecule has 0 bridgehead atoms. The van der Waals surface area contributed by atoms with Crippen LogP contribution >= 0.6 is 11.8 Å². The van der Waals surface area contributed by atoms with Gasteiger partial charge in [0.05, 0.1) is 16.1 Å². The summed E-state index contributed by atoms with van der Waals surface area (Å²) in [5.41, 5.74) is 1.05. The molecule has 88 valence electrons. The van der Waals surface area contributed by atoms with Gasteiger partial charge in [0.2, 0.25) is 0 Å². The van der Waals surface area contributed by atoms with Crippen molar-refractivity contribution in [1.29, 1.82) is 0 Å². The Bertz CT molecular complexity index is 554. The Hall–Kier alpha value is -1.55. The summed E-state index contributed by atoms with van der Waals surface area (Å²) in [6.45, 7) is 2.12. The quantitative estimate of drug-likeness (QED) is 0.841. The van der Waals surface area contributed by atoms with Crippen molar-refractivity contribution in [1.82, 2.24) is 4.98 Å². The van der Waals surface area contributed by atoms with Crippen LogP contribution in [0.15, 0.2) is 35.4 Å². The van der Waals surface area contributed by atoms with Gasteiger partial charge in [0.1, 0.15) is 0 Å². The van der Waals surface area contributed by atoms with Gasteiger partial charge in [-0.1, -0.05) is 13.0 Å². The lowest BCUT2D eigenvalue weighted by molar-refractivity contribution is 0.0699. The monoisotopic (exact) mass is 247 g/mol. The van der Waals surface area contributed by atoms with E-state index in [0.717, 1.165) is 22.7 Å². The second kappa shape index (κ2) is 5.19. The van der Waals surface area contributed by atoms with Gasteiger partial charge in [-0.25, -0.2) is 9.78 Å². The topological polar surface area (TPSA) is 50.2 Å². The number of hydrogen-bond donors (Lipinski definition) is 1. The van der Waals surface area contributed by atoms with Crippen LogP contribution in [0.25, 0.3) is 10.9 Å². The largest absolute Gasteiger partial charge is 0.478 e. The van der Waals surface area contributed by atoms with Gasteiger partial charge in [0.15, 0.2) is 0 Å². The zero-order valence-electron chi connectivity index (χ0n) is 9.51. The molecule has 0 atom stereocenters. The molecule has 4 heteroatoms. The van der Waals surface area contributed by atoms with E-state index in [4.69, 9.17) is 5.11 Å². The highest BCUT2D eigenvalue weighted by Crippen LogP contribution is 2.22. The third kappa shape index (κ3) is 2.58. The molecule has 0 spiro atoms. The number of thioether (sulfide) groups is 1. The van der Waals surface area contributed by atoms with Crippen LogP contribution in [0.5, 0.6) is 0 Å². The van der Waals surface area contributed by atoms with Gasteiger partial charge >= 0.3 is 5.97 Å². The molecule has 0 unspecified atom stereocenters. The van der Waals surface area contributed by atoms with Gasteiger partial charge in [-0.05, 0) is 36.4 Å². The van der Waals surface area contributed by atoms with E-state index in [2.05, 4.69) is 11.9 Å². The van der Waals surface area contributed by atoms with Crippen molar-refractivity contribution in [2.75, 3.05) is 5.75 Å². The Morgan fingerprint density at radius 3 is 2.88 bits per heavy atom. The lowest BCUT2D eigenvalue weighted by Crippen LogP contribution is -1.98. The number of pyridine rings is 1. The van der Waals surface area contributed by atoms with E-state index >= 15 is 0 Å². The Labute approximate surface area is 104 Å². The zero-order valence-corrected chi connectivity index (χ0v) is 10.3. The number of nitrogens with zero attached hydrogens (tertiary/aromatic N) is 1. The fourth-order valence-corrected chi connectivity index (χ4v) is 2.35. The molecule has 2 rings (SSSR count). The summed E-state index contributed by atoms with van der Waals surface area (Å²) in [4.78, 5) is 15.5. The molecule has 0 aliphatic rings. The number of aromatic carboxylic acids is 1. The third-order valence-corrected chi connectivity index (χ3v) is 3.53. The standard InChI is InChI=1S/C13H13NO2S/c1-2-8-17-12-7-6-9-10(13(15)16)4-3-5-11(9)14-12/h3-7H,2,8H2,1H3,(H,15,16). The second-order valence-corrected chi connectivity index (χ2v) is 4.79. The van der Waals surface area contributed by atoms with Crippen molar-refractivity contribution in [3.05, 3.63) is 35.9 Å². The smallest absolute Gasteiger partial charge is 0.336 e. The maximum absolute atomic E-state index is 11.0. The minimum absolute atomic E-state index is 0.307. The number of rotatable bonds is 4. The van der Waals surface area contributed by atoms with Crippen molar-refractivity contribution >= 4 is 28.6 Å². The van der Waals surface area contributed by atoms with Crippen molar-refractivity contribution in [2.24, 2.45) is 0 Å². The molecule has 0 aliphatic carbocycles. The molecule has 0 amide bonds. The molecule has 0 fully saturated rings. The number of hydrogen-bond acceptors (Lipinski definition) is 3. The first kappa shape index (κ1) is 11.9. The highest BCUT2D eigenvalue weighted by atomic mass is 32.2. The van der Waals surface area contributed by atoms with E-state index in [-0.39, 0.29) is 0 Å². The lowest BCUT2D eigenvalue weighted by atomic mass is 10.1. The normalized spacial score (nSPS) is 10.6. The number of aromatic nitrogens is 1. The van der Waals surface area contributed by atoms with Crippen LogP contribution in [0.2, 0.25) is 0 Å². The summed E-state index contributed by atoms with van der Waals surface area (Å²) in [6.07, 6.45) is 1.10. The highest BCUT2D eigenvalue weighted by Gasteiger charge is 2.08. The molecule has 1 heterocycles. The minimum Gasteiger partial charge on any atom is -0.478 e. The molecule has 0 saturated heterocycles. The SMILES string of the molecule is CCCSc1ccc2c(C(=O)O)cccc2n1. The van der Waals surface area contributed by atoms with Crippen LogP contribution in [-0.2, 0) is 0 Å². The molecular formula is C13H13NO2S. The van der Waals surface area contributed by atoms with Crippen molar-refractivity contribution < 1.29 is 9.90 Å². The van der Waals surface area contributed by atoms with Crippen molar-refractivity contribution in [2.45, 2.75) is 18.4 Å². The molecule has 17 heavy (non-hydrogen) atoms. The number of carbonyl (C=O) groups is 1. The third-order valence-electron chi connectivity index (χ3n) is 2.39. The molecule has 0 saturated carbocycles. The van der Waals surface area contributed by atoms with E-state index < -0.39 is 5.97 Å². The van der Waals surface area contributed by atoms with Crippen molar-refractivity contribution in [3.63, 3.8) is 0 Å². The fraction of sp³-hybridized carbons (Fsp3) is 0.231. The van der Waals surface area contributed by atoms with Crippen LogP contribution in [-0.4, -0.2) is 21.8 Å². The molecular weight excluding hydrogens is 234 g/mol. The zero-order chi connectivity index (χ0) is 12.3. The summed E-state index contributed by atoms with van der Waals surface area (Å²) < 4.78 is 0.